The number of carbonyl (C=O) groups is 1. The van der Waals surface area contributed by atoms with Crippen molar-refractivity contribution in [2.75, 3.05) is 13.7 Å². The van der Waals surface area contributed by atoms with E-state index >= 15 is 0 Å². The minimum Gasteiger partial charge on any atom is -0.490 e. The fourth-order valence-corrected chi connectivity index (χ4v) is 1.38. The molecule has 94 valence electrons. The van der Waals surface area contributed by atoms with Crippen molar-refractivity contribution in [2.24, 2.45) is 0 Å². The topological polar surface area (TPSA) is 55.8 Å². The van der Waals surface area contributed by atoms with Crippen LogP contribution in [-0.4, -0.2) is 30.4 Å². The second-order valence-electron chi connectivity index (χ2n) is 4.25. The van der Waals surface area contributed by atoms with Gasteiger partial charge in [0.1, 0.15) is 12.4 Å². The minimum absolute atomic E-state index is 0.135. The average molecular weight is 238 g/mol. The lowest BCUT2D eigenvalue weighted by atomic mass is 10.1. The van der Waals surface area contributed by atoms with Crippen molar-refractivity contribution in [1.82, 2.24) is 0 Å². The summed E-state index contributed by atoms with van der Waals surface area (Å²) in [5, 5.41) is 9.80. The van der Waals surface area contributed by atoms with E-state index in [0.29, 0.717) is 5.75 Å². The molecule has 0 spiro atoms. The number of aryl methyl sites for hydroxylation is 1. The SMILES string of the molecule is COC(=O)C(C)(O)COc1cccc(C)c1C. The lowest BCUT2D eigenvalue weighted by molar-refractivity contribution is -0.163. The highest BCUT2D eigenvalue weighted by Gasteiger charge is 2.32. The van der Waals surface area contributed by atoms with E-state index in [9.17, 15) is 9.90 Å². The predicted octanol–water partition coefficient (Wildman–Crippen LogP) is 1.61. The van der Waals surface area contributed by atoms with Crippen molar-refractivity contribution in [1.29, 1.82) is 0 Å². The maximum absolute atomic E-state index is 11.3. The first kappa shape index (κ1) is 13.5. The van der Waals surface area contributed by atoms with Gasteiger partial charge in [0.25, 0.3) is 0 Å². The Balaban J connectivity index is 2.74. The van der Waals surface area contributed by atoms with Crippen LogP contribution in [0.25, 0.3) is 0 Å². The van der Waals surface area contributed by atoms with Gasteiger partial charge in [-0.05, 0) is 38.0 Å². The molecular weight excluding hydrogens is 220 g/mol. The van der Waals surface area contributed by atoms with Crippen LogP contribution in [0.4, 0.5) is 0 Å². The van der Waals surface area contributed by atoms with Gasteiger partial charge in [0.15, 0.2) is 5.60 Å². The highest BCUT2D eigenvalue weighted by atomic mass is 16.6. The van der Waals surface area contributed by atoms with E-state index < -0.39 is 11.6 Å². The summed E-state index contributed by atoms with van der Waals surface area (Å²) in [6.45, 7) is 5.13. The standard InChI is InChI=1S/C13H18O4/c1-9-6-5-7-11(10(9)2)17-8-13(3,15)12(14)16-4/h5-7,15H,8H2,1-4H3. The molecule has 1 aromatic carbocycles. The number of hydrogen-bond donors (Lipinski definition) is 1. The van der Waals surface area contributed by atoms with Crippen LogP contribution in [-0.2, 0) is 9.53 Å². The van der Waals surface area contributed by atoms with Gasteiger partial charge >= 0.3 is 5.97 Å². The van der Waals surface area contributed by atoms with Crippen LogP contribution < -0.4 is 4.74 Å². The molecule has 0 aliphatic rings. The number of aliphatic hydroxyl groups is 1. The van der Waals surface area contributed by atoms with Crippen molar-refractivity contribution in [2.45, 2.75) is 26.4 Å². The monoisotopic (exact) mass is 238 g/mol. The summed E-state index contributed by atoms with van der Waals surface area (Å²) in [4.78, 5) is 11.3. The van der Waals surface area contributed by atoms with Gasteiger partial charge in [-0.3, -0.25) is 0 Å². The Morgan fingerprint density at radius 1 is 1.41 bits per heavy atom. The van der Waals surface area contributed by atoms with Crippen LogP contribution in [0.2, 0.25) is 0 Å². The molecule has 0 heterocycles. The molecule has 4 nitrogen and oxygen atoms in total. The van der Waals surface area contributed by atoms with E-state index in [2.05, 4.69) is 4.74 Å². The summed E-state index contributed by atoms with van der Waals surface area (Å²) in [6, 6.07) is 5.64. The van der Waals surface area contributed by atoms with Gasteiger partial charge in [0.05, 0.1) is 7.11 Å². The third kappa shape index (κ3) is 3.20. The van der Waals surface area contributed by atoms with E-state index in [-0.39, 0.29) is 6.61 Å². The van der Waals surface area contributed by atoms with Crippen LogP contribution in [0, 0.1) is 13.8 Å². The normalized spacial score (nSPS) is 13.9. The summed E-state index contributed by atoms with van der Waals surface area (Å²) in [5.74, 6) is -0.0445. The summed E-state index contributed by atoms with van der Waals surface area (Å²) < 4.78 is 9.94. The zero-order chi connectivity index (χ0) is 13.1. The molecule has 1 N–H and O–H groups in total. The molecule has 1 aromatic rings. The van der Waals surface area contributed by atoms with E-state index in [1.807, 2.05) is 26.0 Å². The van der Waals surface area contributed by atoms with Crippen molar-refractivity contribution < 1.29 is 19.4 Å². The molecule has 0 saturated carbocycles. The maximum Gasteiger partial charge on any atom is 0.341 e. The average Bonchev–Trinajstić information content (AvgIpc) is 2.30. The molecule has 0 aromatic heterocycles. The zero-order valence-corrected chi connectivity index (χ0v) is 10.6. The van der Waals surface area contributed by atoms with Gasteiger partial charge < -0.3 is 14.6 Å². The van der Waals surface area contributed by atoms with E-state index in [1.165, 1.54) is 14.0 Å². The van der Waals surface area contributed by atoms with Gasteiger partial charge in [0, 0.05) is 0 Å². The molecule has 0 bridgehead atoms. The fourth-order valence-electron chi connectivity index (χ4n) is 1.38. The Morgan fingerprint density at radius 2 is 2.06 bits per heavy atom. The van der Waals surface area contributed by atoms with Gasteiger partial charge in [-0.25, -0.2) is 4.79 Å². The number of rotatable bonds is 4. The molecule has 4 heteroatoms. The Labute approximate surface area is 101 Å². The second kappa shape index (κ2) is 5.19. The van der Waals surface area contributed by atoms with Crippen LogP contribution in [0.1, 0.15) is 18.1 Å². The predicted molar refractivity (Wildman–Crippen MR) is 64.1 cm³/mol. The lowest BCUT2D eigenvalue weighted by Crippen LogP contribution is -2.42. The van der Waals surface area contributed by atoms with Crippen LogP contribution in [0.15, 0.2) is 18.2 Å². The van der Waals surface area contributed by atoms with Crippen LogP contribution in [0.3, 0.4) is 0 Å². The Hall–Kier alpha value is -1.55. The smallest absolute Gasteiger partial charge is 0.341 e. The summed E-state index contributed by atoms with van der Waals surface area (Å²) in [6.07, 6.45) is 0. The minimum atomic E-state index is -1.63. The maximum atomic E-state index is 11.3. The fraction of sp³-hybridized carbons (Fsp3) is 0.462. The molecule has 0 fully saturated rings. The second-order valence-corrected chi connectivity index (χ2v) is 4.25. The van der Waals surface area contributed by atoms with Crippen molar-refractivity contribution in [3.63, 3.8) is 0 Å². The Kier molecular flexibility index (Phi) is 4.12. The van der Waals surface area contributed by atoms with E-state index in [1.54, 1.807) is 6.07 Å². The van der Waals surface area contributed by atoms with Gasteiger partial charge in [0.2, 0.25) is 0 Å². The molecule has 0 amide bonds. The Morgan fingerprint density at radius 3 is 2.65 bits per heavy atom. The first-order valence-corrected chi connectivity index (χ1v) is 5.38. The largest absolute Gasteiger partial charge is 0.490 e. The highest BCUT2D eigenvalue weighted by Crippen LogP contribution is 2.21. The number of esters is 1. The van der Waals surface area contributed by atoms with Crippen molar-refractivity contribution in [3.05, 3.63) is 29.3 Å². The summed E-state index contributed by atoms with van der Waals surface area (Å²) >= 11 is 0. The van der Waals surface area contributed by atoms with Gasteiger partial charge in [-0.15, -0.1) is 0 Å². The van der Waals surface area contributed by atoms with Crippen LogP contribution in [0.5, 0.6) is 5.75 Å². The number of ether oxygens (including phenoxy) is 2. The lowest BCUT2D eigenvalue weighted by Gasteiger charge is -2.21. The molecule has 1 unspecified atom stereocenters. The molecule has 1 atom stereocenters. The van der Waals surface area contributed by atoms with Crippen LogP contribution >= 0.6 is 0 Å². The highest BCUT2D eigenvalue weighted by molar-refractivity contribution is 5.78. The molecule has 0 saturated heterocycles. The molecule has 0 aliphatic carbocycles. The summed E-state index contributed by atoms with van der Waals surface area (Å²) in [7, 11) is 1.23. The first-order chi connectivity index (χ1) is 7.88. The Bertz CT molecular complexity index is 410. The molecule has 17 heavy (non-hydrogen) atoms. The van der Waals surface area contributed by atoms with Gasteiger partial charge in [-0.1, -0.05) is 12.1 Å². The number of carbonyl (C=O) groups excluding carboxylic acids is 1. The molecular formula is C13H18O4. The van der Waals surface area contributed by atoms with E-state index in [0.717, 1.165) is 11.1 Å². The van der Waals surface area contributed by atoms with Gasteiger partial charge in [-0.2, -0.15) is 0 Å². The molecule has 0 aliphatic heterocycles. The van der Waals surface area contributed by atoms with Crippen molar-refractivity contribution in [3.8, 4) is 5.75 Å². The van der Waals surface area contributed by atoms with E-state index in [4.69, 9.17) is 4.74 Å². The quantitative estimate of drug-likeness (QED) is 0.810. The number of methoxy groups -OCH3 is 1. The third-order valence-electron chi connectivity index (χ3n) is 2.69. The molecule has 1 rings (SSSR count). The number of hydrogen-bond acceptors (Lipinski definition) is 4. The van der Waals surface area contributed by atoms with Crippen molar-refractivity contribution >= 4 is 5.97 Å². The first-order valence-electron chi connectivity index (χ1n) is 5.38. The third-order valence-corrected chi connectivity index (χ3v) is 2.69. The zero-order valence-electron chi connectivity index (χ0n) is 10.6. The molecule has 0 radical (unpaired) electrons. The summed E-state index contributed by atoms with van der Waals surface area (Å²) in [5.41, 5.74) is 0.457. The number of benzene rings is 1.